The lowest BCUT2D eigenvalue weighted by Gasteiger charge is -2.41. The first-order valence-electron chi connectivity index (χ1n) is 4.71. The van der Waals surface area contributed by atoms with E-state index in [0.29, 0.717) is 6.54 Å². The van der Waals surface area contributed by atoms with Gasteiger partial charge in [-0.15, -0.1) is 0 Å². The van der Waals surface area contributed by atoms with E-state index in [1.165, 1.54) is 0 Å². The van der Waals surface area contributed by atoms with E-state index >= 15 is 0 Å². The maximum Gasteiger partial charge on any atom is 0.164 e. The number of hydrogen-bond acceptors (Lipinski definition) is 5. The molecule has 0 bridgehead atoms. The van der Waals surface area contributed by atoms with Crippen LogP contribution in [0.1, 0.15) is 6.92 Å². The lowest BCUT2D eigenvalue weighted by molar-refractivity contribution is -0.131. The van der Waals surface area contributed by atoms with E-state index in [2.05, 4.69) is 32.7 Å². The zero-order chi connectivity index (χ0) is 12.1. The van der Waals surface area contributed by atoms with Crippen LogP contribution in [0, 0.1) is 0 Å². The highest BCUT2D eigenvalue weighted by Gasteiger charge is 2.45. The van der Waals surface area contributed by atoms with E-state index in [1.807, 2.05) is 6.92 Å². The van der Waals surface area contributed by atoms with Crippen molar-refractivity contribution in [3.8, 4) is 0 Å². The van der Waals surface area contributed by atoms with Gasteiger partial charge in [-0.2, -0.15) is 0 Å². The van der Waals surface area contributed by atoms with Crippen LogP contribution in [0.15, 0.2) is 4.74 Å². The smallest absolute Gasteiger partial charge is 0.164 e. The van der Waals surface area contributed by atoms with Gasteiger partial charge in [-0.25, -0.2) is 0 Å². The molecule has 9 heteroatoms. The molecule has 1 aliphatic heterocycles. The Bertz CT molecular complexity index is 257. The van der Waals surface area contributed by atoms with Gasteiger partial charge < -0.3 is 13.8 Å². The Morgan fingerprint density at radius 2 is 2.06 bits per heavy atom. The molecule has 0 aliphatic carbocycles. The monoisotopic (exact) mass is 301 g/mol. The van der Waals surface area contributed by atoms with E-state index in [-0.39, 0.29) is 38.5 Å². The fraction of sp³-hybridized carbons (Fsp3) is 1.00. The second-order valence-electron chi connectivity index (χ2n) is 3.52. The standard InChI is InChI=1S/C7H15NO4P4/c1-3-7(16-9)6(12-15)5(11-14)4(10-3)2-8-13/h3-7,13H,2,14-15H2,1H3. The summed E-state index contributed by atoms with van der Waals surface area (Å²) in [5, 5.41) is 0. The quantitative estimate of drug-likeness (QED) is 0.730. The number of hydrogen-bond donors (Lipinski definition) is 0. The third kappa shape index (κ3) is 3.24. The Morgan fingerprint density at radius 1 is 1.44 bits per heavy atom. The fourth-order valence-electron chi connectivity index (χ4n) is 1.81. The maximum atomic E-state index is 11.1. The van der Waals surface area contributed by atoms with Crippen molar-refractivity contribution >= 4 is 36.4 Å². The highest BCUT2D eigenvalue weighted by molar-refractivity contribution is 7.25. The molecule has 0 radical (unpaired) electrons. The van der Waals surface area contributed by atoms with Crippen molar-refractivity contribution in [3.63, 3.8) is 0 Å². The van der Waals surface area contributed by atoms with Crippen LogP contribution in [-0.2, 0) is 18.3 Å². The maximum absolute atomic E-state index is 11.1. The Morgan fingerprint density at radius 3 is 2.50 bits per heavy atom. The minimum atomic E-state index is -0.315. The molecule has 0 aromatic rings. The zero-order valence-corrected chi connectivity index (χ0v) is 13.0. The van der Waals surface area contributed by atoms with Crippen molar-refractivity contribution in [2.45, 2.75) is 37.0 Å². The van der Waals surface area contributed by atoms with Crippen LogP contribution in [0.4, 0.5) is 0 Å². The van der Waals surface area contributed by atoms with Gasteiger partial charge in [-0.1, -0.05) is 0 Å². The van der Waals surface area contributed by atoms with Gasteiger partial charge in [0.1, 0.15) is 18.3 Å². The van der Waals surface area contributed by atoms with Gasteiger partial charge in [-0.05, 0) is 16.0 Å². The number of nitrogens with zero attached hydrogens (tertiary/aromatic N) is 1. The third-order valence-corrected chi connectivity index (χ3v) is 4.37. The average molecular weight is 301 g/mol. The van der Waals surface area contributed by atoms with Crippen molar-refractivity contribution in [2.75, 3.05) is 6.54 Å². The molecule has 5 nitrogen and oxygen atoms in total. The second-order valence-corrected chi connectivity index (χ2v) is 5.19. The summed E-state index contributed by atoms with van der Waals surface area (Å²) in [6.07, 6.45) is -0.998. The molecule has 0 aromatic carbocycles. The molecular weight excluding hydrogens is 286 g/mol. The Kier molecular flexibility index (Phi) is 6.93. The molecular formula is C7H15NO4P4. The van der Waals surface area contributed by atoms with Crippen LogP contribution in [-0.4, -0.2) is 36.6 Å². The summed E-state index contributed by atoms with van der Waals surface area (Å²) in [5.74, 6) is 0. The lowest BCUT2D eigenvalue weighted by Crippen LogP contribution is -2.55. The predicted octanol–water partition coefficient (Wildman–Crippen LogP) is 2.11. The Balaban J connectivity index is 2.86. The van der Waals surface area contributed by atoms with E-state index in [1.54, 1.807) is 0 Å². The summed E-state index contributed by atoms with van der Waals surface area (Å²) in [4.78, 5) is 0. The van der Waals surface area contributed by atoms with Gasteiger partial charge >= 0.3 is 0 Å². The largest absolute Gasteiger partial charge is 0.369 e. The highest BCUT2D eigenvalue weighted by atomic mass is 31.1. The Labute approximate surface area is 103 Å². The molecule has 1 fully saturated rings. The SMILES string of the molecule is CC1OC(CN=P)C(OP)C(OP)C1P=O. The van der Waals surface area contributed by atoms with Crippen molar-refractivity contribution in [3.05, 3.63) is 0 Å². The predicted molar refractivity (Wildman–Crippen MR) is 70.5 cm³/mol. The van der Waals surface area contributed by atoms with Crippen molar-refractivity contribution in [1.82, 2.24) is 0 Å². The van der Waals surface area contributed by atoms with E-state index in [4.69, 9.17) is 13.8 Å². The first kappa shape index (κ1) is 15.0. The first-order chi connectivity index (χ1) is 7.69. The molecule has 7 unspecified atom stereocenters. The molecule has 7 atom stereocenters. The van der Waals surface area contributed by atoms with Crippen LogP contribution in [0.5, 0.6) is 0 Å². The van der Waals surface area contributed by atoms with Gasteiger partial charge in [0.2, 0.25) is 0 Å². The van der Waals surface area contributed by atoms with Gasteiger partial charge in [0, 0.05) is 18.9 Å². The molecule has 1 rings (SSSR count). The summed E-state index contributed by atoms with van der Waals surface area (Å²) >= 11 is 0. The number of ether oxygens (including phenoxy) is 1. The Hall–Kier alpha value is 0.940. The van der Waals surface area contributed by atoms with Crippen LogP contribution in [0.3, 0.4) is 0 Å². The molecule has 1 aliphatic rings. The molecule has 0 N–H and O–H groups in total. The minimum absolute atomic E-state index is 0.00488. The van der Waals surface area contributed by atoms with Crippen LogP contribution < -0.4 is 0 Å². The third-order valence-electron chi connectivity index (χ3n) is 2.60. The molecule has 0 amide bonds. The van der Waals surface area contributed by atoms with Crippen LogP contribution >= 0.6 is 36.4 Å². The first-order valence-corrected chi connectivity index (χ1v) is 6.99. The summed E-state index contributed by atoms with van der Waals surface area (Å²) in [5.41, 5.74) is -0.242. The minimum Gasteiger partial charge on any atom is -0.369 e. The van der Waals surface area contributed by atoms with Gasteiger partial charge in [0.05, 0.1) is 18.3 Å². The molecule has 1 heterocycles. The molecule has 1 saturated heterocycles. The average Bonchev–Trinajstić information content (AvgIpc) is 2.28. The molecule has 16 heavy (non-hydrogen) atoms. The highest BCUT2D eigenvalue weighted by Crippen LogP contribution is 2.34. The van der Waals surface area contributed by atoms with Gasteiger partial charge in [0.25, 0.3) is 0 Å². The normalized spacial score (nSPS) is 39.8. The van der Waals surface area contributed by atoms with Crippen molar-refractivity contribution < 1.29 is 18.3 Å². The van der Waals surface area contributed by atoms with Crippen LogP contribution in [0.25, 0.3) is 0 Å². The zero-order valence-electron chi connectivity index (χ0n) is 8.78. The van der Waals surface area contributed by atoms with Gasteiger partial charge in [0.15, 0.2) is 8.46 Å². The molecule has 0 aromatic heterocycles. The van der Waals surface area contributed by atoms with Crippen LogP contribution in [0.2, 0.25) is 0 Å². The number of rotatable bonds is 5. The second kappa shape index (κ2) is 7.39. The summed E-state index contributed by atoms with van der Waals surface area (Å²) in [7, 11) is 7.43. The van der Waals surface area contributed by atoms with Gasteiger partial charge in [-0.3, -0.25) is 9.31 Å². The molecule has 0 spiro atoms. The summed E-state index contributed by atoms with van der Waals surface area (Å²) in [6.45, 7) is 2.32. The molecule has 0 saturated carbocycles. The molecule has 92 valence electrons. The topological polar surface area (TPSA) is 57.1 Å². The van der Waals surface area contributed by atoms with E-state index in [9.17, 15) is 4.57 Å². The lowest BCUT2D eigenvalue weighted by atomic mass is 9.98. The fourth-order valence-corrected chi connectivity index (χ4v) is 3.38. The summed E-state index contributed by atoms with van der Waals surface area (Å²) in [6, 6.07) is 0. The van der Waals surface area contributed by atoms with E-state index < -0.39 is 0 Å². The van der Waals surface area contributed by atoms with Crippen molar-refractivity contribution in [2.24, 2.45) is 4.74 Å². The van der Waals surface area contributed by atoms with E-state index in [0.717, 1.165) is 0 Å². The summed E-state index contributed by atoms with van der Waals surface area (Å²) < 4.78 is 31.2. The van der Waals surface area contributed by atoms with Crippen molar-refractivity contribution in [1.29, 1.82) is 0 Å².